The van der Waals surface area contributed by atoms with Gasteiger partial charge in [-0.3, -0.25) is 4.57 Å². The quantitative estimate of drug-likeness (QED) is 0.521. The highest BCUT2D eigenvalue weighted by molar-refractivity contribution is 5.76. The number of hydrogen-bond acceptors (Lipinski definition) is 6. The predicted molar refractivity (Wildman–Crippen MR) is 119 cm³/mol. The van der Waals surface area contributed by atoms with Gasteiger partial charge in [-0.05, 0) is 71.3 Å². The van der Waals surface area contributed by atoms with Crippen molar-refractivity contribution < 1.29 is 13.2 Å². The summed E-state index contributed by atoms with van der Waals surface area (Å²) in [6, 6.07) is 4.34. The monoisotopic (exact) mass is 447 g/mol. The third-order valence-corrected chi connectivity index (χ3v) is 5.39. The van der Waals surface area contributed by atoms with Crippen molar-refractivity contribution in [3.8, 4) is 0 Å². The minimum absolute atomic E-state index is 0.119. The largest absolute Gasteiger partial charge is 0.416 e. The van der Waals surface area contributed by atoms with Gasteiger partial charge in [-0.25, -0.2) is 9.97 Å². The molecule has 0 amide bonds. The molecule has 0 aliphatic carbocycles. The minimum atomic E-state index is -4.42. The number of nitrogens with one attached hydrogen (secondary N) is 3. The molecule has 10 heteroatoms. The van der Waals surface area contributed by atoms with Gasteiger partial charge >= 0.3 is 6.18 Å². The molecule has 1 aliphatic heterocycles. The van der Waals surface area contributed by atoms with Crippen LogP contribution in [0.5, 0.6) is 0 Å². The van der Waals surface area contributed by atoms with Gasteiger partial charge in [0.2, 0.25) is 11.9 Å². The second-order valence-corrected chi connectivity index (χ2v) is 9.22. The number of piperidine rings is 1. The topological polar surface area (TPSA) is 79.7 Å². The molecule has 3 heterocycles. The highest BCUT2D eigenvalue weighted by atomic mass is 19.4. The maximum Gasteiger partial charge on any atom is 0.416 e. The molecule has 0 radical (unpaired) electrons. The zero-order valence-corrected chi connectivity index (χ0v) is 18.6. The van der Waals surface area contributed by atoms with Crippen molar-refractivity contribution >= 4 is 28.7 Å². The molecule has 7 nitrogen and oxygen atoms in total. The van der Waals surface area contributed by atoms with Gasteiger partial charge in [0.1, 0.15) is 5.52 Å². The fraction of sp³-hybridized carbons (Fsp3) is 0.500. The van der Waals surface area contributed by atoms with Gasteiger partial charge in [-0.15, -0.1) is 0 Å². The molecule has 0 saturated carbocycles. The van der Waals surface area contributed by atoms with Crippen LogP contribution >= 0.6 is 0 Å². The van der Waals surface area contributed by atoms with Crippen LogP contribution in [0.15, 0.2) is 24.4 Å². The first-order chi connectivity index (χ1) is 15.0. The maximum atomic E-state index is 13.4. The number of benzene rings is 1. The van der Waals surface area contributed by atoms with E-state index in [4.69, 9.17) is 4.98 Å². The molecular formula is C22H28F3N7. The van der Waals surface area contributed by atoms with Gasteiger partial charge < -0.3 is 16.0 Å². The Kier molecular flexibility index (Phi) is 5.74. The Labute approximate surface area is 184 Å². The highest BCUT2D eigenvalue weighted by Crippen LogP contribution is 2.35. The smallest absolute Gasteiger partial charge is 0.350 e. The van der Waals surface area contributed by atoms with Crippen molar-refractivity contribution in [3.05, 3.63) is 35.5 Å². The second-order valence-electron chi connectivity index (χ2n) is 9.22. The van der Waals surface area contributed by atoms with Gasteiger partial charge in [-0.1, -0.05) is 6.07 Å². The van der Waals surface area contributed by atoms with E-state index >= 15 is 0 Å². The van der Waals surface area contributed by atoms with E-state index in [1.807, 2.05) is 25.3 Å². The normalized spacial score (nSPS) is 15.8. The van der Waals surface area contributed by atoms with Crippen LogP contribution in [0.1, 0.15) is 50.8 Å². The average molecular weight is 448 g/mol. The molecule has 3 N–H and O–H groups in total. The lowest BCUT2D eigenvalue weighted by Crippen LogP contribution is -2.30. The number of rotatable bonds is 4. The van der Waals surface area contributed by atoms with E-state index in [1.165, 1.54) is 13.0 Å². The van der Waals surface area contributed by atoms with Gasteiger partial charge in [0.05, 0.1) is 11.8 Å². The number of aryl methyl sites for hydroxylation is 1. The number of halogens is 3. The van der Waals surface area contributed by atoms with Crippen LogP contribution in [0, 0.1) is 6.92 Å². The number of fused-ring (bicyclic) bond motifs is 1. The first-order valence-corrected chi connectivity index (χ1v) is 10.7. The number of aromatic nitrogens is 4. The van der Waals surface area contributed by atoms with Crippen molar-refractivity contribution in [3.63, 3.8) is 0 Å². The number of hydrogen-bond donors (Lipinski definition) is 3. The lowest BCUT2D eigenvalue weighted by molar-refractivity contribution is -0.138. The van der Waals surface area contributed by atoms with Crippen LogP contribution in [0.3, 0.4) is 0 Å². The van der Waals surface area contributed by atoms with Gasteiger partial charge in [0.25, 0.3) is 0 Å². The Morgan fingerprint density at radius 2 is 1.81 bits per heavy atom. The van der Waals surface area contributed by atoms with Crippen molar-refractivity contribution in [2.75, 3.05) is 23.7 Å². The van der Waals surface area contributed by atoms with Crippen molar-refractivity contribution in [2.45, 2.75) is 58.3 Å². The van der Waals surface area contributed by atoms with Crippen molar-refractivity contribution in [1.29, 1.82) is 0 Å². The lowest BCUT2D eigenvalue weighted by Gasteiger charge is -2.26. The summed E-state index contributed by atoms with van der Waals surface area (Å²) in [5.41, 5.74) is 0.874. The average Bonchev–Trinajstić information content (AvgIpc) is 3.05. The Balaban J connectivity index is 1.78. The molecule has 32 heavy (non-hydrogen) atoms. The van der Waals surface area contributed by atoms with E-state index in [0.717, 1.165) is 32.0 Å². The summed E-state index contributed by atoms with van der Waals surface area (Å²) < 4.78 is 42.2. The molecular weight excluding hydrogens is 419 g/mol. The first kappa shape index (κ1) is 22.3. The number of imidazole rings is 1. The Morgan fingerprint density at radius 1 is 1.09 bits per heavy atom. The third kappa shape index (κ3) is 4.79. The van der Waals surface area contributed by atoms with Crippen LogP contribution < -0.4 is 16.0 Å². The zero-order chi connectivity index (χ0) is 23.1. The van der Waals surface area contributed by atoms with Crippen molar-refractivity contribution in [1.82, 2.24) is 24.8 Å². The fourth-order valence-electron chi connectivity index (χ4n) is 3.92. The SMILES string of the molecule is Cc1ccc(Nc2nc3cnc(NC(C)(C)C)nc3n2C2CCNCC2)cc1C(F)(F)F. The van der Waals surface area contributed by atoms with E-state index in [-0.39, 0.29) is 17.1 Å². The Morgan fingerprint density at radius 3 is 2.47 bits per heavy atom. The molecule has 172 valence electrons. The number of nitrogens with zero attached hydrogens (tertiary/aromatic N) is 4. The third-order valence-electron chi connectivity index (χ3n) is 5.39. The lowest BCUT2D eigenvalue weighted by atomic mass is 10.1. The molecule has 0 spiro atoms. The molecule has 0 unspecified atom stereocenters. The molecule has 1 saturated heterocycles. The summed E-state index contributed by atoms with van der Waals surface area (Å²) >= 11 is 0. The summed E-state index contributed by atoms with van der Waals surface area (Å²) in [4.78, 5) is 13.7. The number of alkyl halides is 3. The minimum Gasteiger partial charge on any atom is -0.350 e. The first-order valence-electron chi connectivity index (χ1n) is 10.7. The fourth-order valence-corrected chi connectivity index (χ4v) is 3.92. The van der Waals surface area contributed by atoms with E-state index in [9.17, 15) is 13.2 Å². The van der Waals surface area contributed by atoms with Gasteiger partial charge in [-0.2, -0.15) is 18.2 Å². The highest BCUT2D eigenvalue weighted by Gasteiger charge is 2.32. The molecule has 1 aliphatic rings. The molecule has 3 aromatic rings. The van der Waals surface area contributed by atoms with Crippen molar-refractivity contribution in [2.24, 2.45) is 0 Å². The van der Waals surface area contributed by atoms with E-state index in [2.05, 4.69) is 25.9 Å². The molecule has 0 bridgehead atoms. The summed E-state index contributed by atoms with van der Waals surface area (Å²) in [6.45, 7) is 9.22. The van der Waals surface area contributed by atoms with E-state index in [0.29, 0.717) is 28.7 Å². The Bertz CT molecular complexity index is 1110. The summed E-state index contributed by atoms with van der Waals surface area (Å²) in [5, 5.41) is 9.72. The standard InChI is InChI=1S/C22H28F3N7/c1-13-5-6-14(11-16(13)22(23,24)25)28-20-29-17-12-27-19(31-21(2,3)4)30-18(17)32(20)15-7-9-26-10-8-15/h5-6,11-12,15,26H,7-10H2,1-4H3,(H,28,29)(H,27,30,31). The Hall–Kier alpha value is -2.88. The number of anilines is 3. The molecule has 1 aromatic carbocycles. The molecule has 1 fully saturated rings. The van der Waals surface area contributed by atoms with Crippen LogP contribution in [0.2, 0.25) is 0 Å². The summed E-state index contributed by atoms with van der Waals surface area (Å²) in [7, 11) is 0. The summed E-state index contributed by atoms with van der Waals surface area (Å²) in [6.07, 6.45) is -1.03. The van der Waals surface area contributed by atoms with Crippen LogP contribution in [0.25, 0.3) is 11.2 Å². The maximum absolute atomic E-state index is 13.4. The van der Waals surface area contributed by atoms with Crippen LogP contribution in [-0.4, -0.2) is 38.1 Å². The van der Waals surface area contributed by atoms with Crippen LogP contribution in [-0.2, 0) is 6.18 Å². The van der Waals surface area contributed by atoms with Gasteiger partial charge in [0.15, 0.2) is 5.65 Å². The summed E-state index contributed by atoms with van der Waals surface area (Å²) in [5.74, 6) is 0.951. The van der Waals surface area contributed by atoms with E-state index < -0.39 is 11.7 Å². The van der Waals surface area contributed by atoms with Gasteiger partial charge in [0, 0.05) is 17.3 Å². The van der Waals surface area contributed by atoms with E-state index in [1.54, 1.807) is 12.3 Å². The predicted octanol–water partition coefficient (Wildman–Crippen LogP) is 5.03. The second kappa shape index (κ2) is 8.23. The zero-order valence-electron chi connectivity index (χ0n) is 18.6. The molecule has 0 atom stereocenters. The van der Waals surface area contributed by atoms with Crippen LogP contribution in [0.4, 0.5) is 30.8 Å². The molecule has 2 aromatic heterocycles. The molecule has 4 rings (SSSR count).